The van der Waals surface area contributed by atoms with Gasteiger partial charge in [0, 0.05) is 16.8 Å². The molecule has 3 aromatic carbocycles. The van der Waals surface area contributed by atoms with Gasteiger partial charge in [-0.1, -0.05) is 54.6 Å². The summed E-state index contributed by atoms with van der Waals surface area (Å²) in [6, 6.07) is 31.9. The first-order chi connectivity index (χ1) is 13.8. The first kappa shape index (κ1) is 35.7. The summed E-state index contributed by atoms with van der Waals surface area (Å²) in [4.78, 5) is 0. The zero-order chi connectivity index (χ0) is 21.8. The van der Waals surface area contributed by atoms with Crippen LogP contribution in [0.3, 0.4) is 0 Å². The maximum Gasteiger partial charge on any atom is 0.0748 e. The van der Waals surface area contributed by atoms with Gasteiger partial charge in [-0.25, -0.2) is 0 Å². The van der Waals surface area contributed by atoms with Crippen LogP contribution in [0.25, 0.3) is 0 Å². The van der Waals surface area contributed by atoms with E-state index in [4.69, 9.17) is 25.3 Å². The van der Waals surface area contributed by atoms with Crippen molar-refractivity contribution >= 4 is 23.2 Å². The van der Waals surface area contributed by atoms with Crippen molar-refractivity contribution in [2.75, 3.05) is 0 Å². The van der Waals surface area contributed by atoms with Crippen LogP contribution >= 0.6 is 7.26 Å². The third-order valence-corrected chi connectivity index (χ3v) is 7.13. The second kappa shape index (κ2) is 23.6. The van der Waals surface area contributed by atoms with Crippen molar-refractivity contribution in [2.45, 2.75) is 0 Å². The van der Waals surface area contributed by atoms with E-state index in [0.717, 1.165) is 0 Å². The van der Waals surface area contributed by atoms with Gasteiger partial charge in [0.05, 0.1) is 15.9 Å². The summed E-state index contributed by atoms with van der Waals surface area (Å²) >= 11 is 0. The Morgan fingerprint density at radius 2 is 0.633 bits per heavy atom. The van der Waals surface area contributed by atoms with E-state index >= 15 is 0 Å². The van der Waals surface area contributed by atoms with Gasteiger partial charge in [0.15, 0.2) is 0 Å². The molecule has 30 heavy (non-hydrogen) atoms. The number of benzene rings is 3. The van der Waals surface area contributed by atoms with Crippen LogP contribution in [-0.4, -0.2) is 0 Å². The molecule has 0 aromatic heterocycles. The standard InChI is InChI=1S/C19H17P.4CO.Au.Co/c1-20(17-11-5-2-6-12-17,18-13-7-3-8-14-18)19-15-9-4-10-16-19;4*1-2;;/h2-16H,1H2;;;;;;/q;;;;;+1;. The van der Waals surface area contributed by atoms with E-state index in [2.05, 4.69) is 118 Å². The molecule has 0 aliphatic heterocycles. The Hall–Kier alpha value is -1.70. The average molecular weight is 644 g/mol. The largest absolute Gasteiger partial charge is 0.165 e. The maximum atomic E-state index is 7.50. The van der Waals surface area contributed by atoms with Crippen molar-refractivity contribution < 1.29 is 57.8 Å². The minimum absolute atomic E-state index is 0. The molecule has 4 nitrogen and oxygen atoms in total. The topological polar surface area (TPSA) is 79.6 Å². The zero-order valence-corrected chi connectivity index (χ0v) is 19.7. The van der Waals surface area contributed by atoms with Gasteiger partial charge in [0.1, 0.15) is 0 Å². The SMILES string of the molecule is [Au+].[C-]#[O+].[C-]#[O+].[C-]#[O+].[C-]#[O+].[CH2-][P+](c1ccccc1)(c1ccccc1)c1ccccc1.[Co]. The molecule has 157 valence electrons. The fourth-order valence-electron chi connectivity index (χ4n) is 2.49. The van der Waals surface area contributed by atoms with Gasteiger partial charge in [0.25, 0.3) is 0 Å². The molecule has 0 atom stereocenters. The quantitative estimate of drug-likeness (QED) is 0.181. The molecule has 0 saturated heterocycles. The van der Waals surface area contributed by atoms with Crippen LogP contribution in [0.1, 0.15) is 0 Å². The average Bonchev–Trinajstić information content (AvgIpc) is 2.85. The van der Waals surface area contributed by atoms with Gasteiger partial charge in [-0.15, -0.1) is 0 Å². The molecular formula is C23H17AuCoO4P+. The molecule has 0 amide bonds. The van der Waals surface area contributed by atoms with E-state index in [-0.39, 0.29) is 39.2 Å². The molecule has 0 fully saturated rings. The molecule has 0 N–H and O–H groups in total. The number of rotatable bonds is 3. The van der Waals surface area contributed by atoms with E-state index < -0.39 is 7.26 Å². The second-order valence-corrected chi connectivity index (χ2v) is 7.99. The second-order valence-electron chi connectivity index (χ2n) is 4.82. The summed E-state index contributed by atoms with van der Waals surface area (Å²) in [7, 11) is -1.78. The van der Waals surface area contributed by atoms with Crippen molar-refractivity contribution in [2.24, 2.45) is 0 Å². The molecular weight excluding hydrogens is 627 g/mol. The normalized spacial score (nSPS) is 7.77. The van der Waals surface area contributed by atoms with E-state index in [1.54, 1.807) is 0 Å². The first-order valence-corrected chi connectivity index (χ1v) is 9.51. The van der Waals surface area contributed by atoms with Gasteiger partial charge >= 0.3 is 67.6 Å². The third-order valence-electron chi connectivity index (χ3n) is 3.59. The molecule has 0 aliphatic carbocycles. The Morgan fingerprint density at radius 3 is 0.800 bits per heavy atom. The number of hydrogen-bond donors (Lipinski definition) is 0. The van der Waals surface area contributed by atoms with E-state index in [9.17, 15) is 0 Å². The van der Waals surface area contributed by atoms with E-state index in [1.165, 1.54) is 15.9 Å². The Kier molecular flexibility index (Phi) is 28.1. The molecule has 0 spiro atoms. The monoisotopic (exact) mass is 644 g/mol. The predicted octanol–water partition coefficient (Wildman–Crippen LogP) is 3.62. The van der Waals surface area contributed by atoms with Crippen LogP contribution in [0, 0.1) is 33.3 Å². The summed E-state index contributed by atoms with van der Waals surface area (Å²) in [5.41, 5.74) is 0. The molecule has 0 aliphatic rings. The molecule has 0 saturated carbocycles. The summed E-state index contributed by atoms with van der Waals surface area (Å²) < 4.78 is 30.0. The van der Waals surface area contributed by atoms with Crippen molar-refractivity contribution in [1.29, 1.82) is 0 Å². The third kappa shape index (κ3) is 10.4. The summed E-state index contributed by atoms with van der Waals surface area (Å²) in [6.07, 6.45) is 0. The van der Waals surface area contributed by atoms with Crippen LogP contribution in [-0.2, 0) is 57.8 Å². The van der Waals surface area contributed by atoms with Crippen LogP contribution in [0.2, 0.25) is 0 Å². The molecule has 7 heteroatoms. The molecule has 3 aromatic rings. The van der Waals surface area contributed by atoms with Crippen LogP contribution in [0.15, 0.2) is 91.0 Å². The Morgan fingerprint density at radius 1 is 0.467 bits per heavy atom. The molecule has 1 radical (unpaired) electrons. The Balaban J connectivity index is -0.000000305. The fourth-order valence-corrected chi connectivity index (χ4v) is 5.43. The van der Waals surface area contributed by atoms with Gasteiger partial charge in [-0.05, 0) is 43.7 Å². The van der Waals surface area contributed by atoms with Crippen molar-refractivity contribution in [3.63, 3.8) is 0 Å². The molecule has 3 rings (SSSR count). The predicted molar refractivity (Wildman–Crippen MR) is 106 cm³/mol. The van der Waals surface area contributed by atoms with Gasteiger partial charge in [-0.2, -0.15) is 6.66 Å². The molecule has 0 bridgehead atoms. The summed E-state index contributed by atoms with van der Waals surface area (Å²) in [5, 5.41) is 3.95. The first-order valence-electron chi connectivity index (χ1n) is 7.54. The van der Waals surface area contributed by atoms with Crippen LogP contribution in [0.5, 0.6) is 0 Å². The van der Waals surface area contributed by atoms with Crippen LogP contribution in [0.4, 0.5) is 0 Å². The van der Waals surface area contributed by atoms with E-state index in [1.807, 2.05) is 0 Å². The summed E-state index contributed by atoms with van der Waals surface area (Å²) in [6.45, 7) is 22.7. The molecule has 0 heterocycles. The zero-order valence-electron chi connectivity index (χ0n) is 15.6. The van der Waals surface area contributed by atoms with Crippen molar-refractivity contribution in [3.8, 4) is 0 Å². The Bertz CT molecular complexity index is 730. The smallest absolute Gasteiger partial charge is 0.0748 e. The van der Waals surface area contributed by atoms with Crippen molar-refractivity contribution in [3.05, 3.63) is 124 Å². The fraction of sp³-hybridized carbons (Fsp3) is 0. The van der Waals surface area contributed by atoms with Gasteiger partial charge < -0.3 is 0 Å². The number of hydrogen-bond acceptors (Lipinski definition) is 0. The Labute approximate surface area is 204 Å². The van der Waals surface area contributed by atoms with E-state index in [0.29, 0.717) is 0 Å². The van der Waals surface area contributed by atoms with Gasteiger partial charge in [0.2, 0.25) is 0 Å². The minimum atomic E-state index is -1.78. The molecule has 0 unspecified atom stereocenters. The summed E-state index contributed by atoms with van der Waals surface area (Å²) in [5.74, 6) is 0. The maximum absolute atomic E-state index is 7.50. The minimum Gasteiger partial charge on any atom is -0.165 e. The van der Waals surface area contributed by atoms with Crippen molar-refractivity contribution in [1.82, 2.24) is 0 Å². The van der Waals surface area contributed by atoms with Gasteiger partial charge in [-0.3, -0.25) is 0 Å². The van der Waals surface area contributed by atoms with Crippen LogP contribution < -0.4 is 15.9 Å².